The molecule has 0 fully saturated rings. The molecular formula is C20H24N4OS. The van der Waals surface area contributed by atoms with Gasteiger partial charge in [-0.2, -0.15) is 0 Å². The van der Waals surface area contributed by atoms with E-state index in [0.717, 1.165) is 46.3 Å². The van der Waals surface area contributed by atoms with Crippen molar-refractivity contribution in [2.45, 2.75) is 32.1 Å². The highest BCUT2D eigenvalue weighted by atomic mass is 32.1. The van der Waals surface area contributed by atoms with Crippen LogP contribution in [0.15, 0.2) is 35.5 Å². The standard InChI is InChI=1S/C20H24N4OS/c1-3-13(5-4-8-25)18-10-14-6-7-17(24-20(14)26-18)15-9-16(11-22-2)19(21)23-12-15/h6-7,9-13,25H,3-5,8H2,1-2H3,(H2,21,23). The van der Waals surface area contributed by atoms with E-state index < -0.39 is 0 Å². The molecule has 26 heavy (non-hydrogen) atoms. The molecule has 0 bridgehead atoms. The maximum atomic E-state index is 9.11. The van der Waals surface area contributed by atoms with Gasteiger partial charge in [0, 0.05) is 47.5 Å². The van der Waals surface area contributed by atoms with E-state index in [4.69, 9.17) is 15.8 Å². The maximum Gasteiger partial charge on any atom is 0.132 e. The molecule has 1 atom stereocenters. The number of nitrogens with two attached hydrogens (primary N) is 1. The molecule has 0 saturated carbocycles. The zero-order valence-electron chi connectivity index (χ0n) is 15.1. The van der Waals surface area contributed by atoms with E-state index in [0.29, 0.717) is 11.7 Å². The average molecular weight is 369 g/mol. The first kappa shape index (κ1) is 18.5. The number of anilines is 1. The minimum atomic E-state index is 0.247. The molecule has 3 rings (SSSR count). The average Bonchev–Trinajstić information content (AvgIpc) is 3.07. The zero-order chi connectivity index (χ0) is 18.5. The van der Waals surface area contributed by atoms with Crippen LogP contribution in [0.3, 0.4) is 0 Å². The molecule has 3 aromatic rings. The summed E-state index contributed by atoms with van der Waals surface area (Å²) >= 11 is 1.74. The summed E-state index contributed by atoms with van der Waals surface area (Å²) in [4.78, 5) is 15.5. The third kappa shape index (κ3) is 3.92. The zero-order valence-corrected chi connectivity index (χ0v) is 16.0. The van der Waals surface area contributed by atoms with Gasteiger partial charge in [0.25, 0.3) is 0 Å². The second-order valence-corrected chi connectivity index (χ2v) is 7.36. The SMILES string of the molecule is CCC(CCCO)c1cc2ccc(-c3cnc(N)c(C=NC)c3)nc2s1. The summed E-state index contributed by atoms with van der Waals surface area (Å²) in [7, 11) is 1.71. The Morgan fingerprint density at radius 3 is 2.92 bits per heavy atom. The van der Waals surface area contributed by atoms with Crippen molar-refractivity contribution in [3.05, 3.63) is 40.9 Å². The number of hydrogen-bond donors (Lipinski definition) is 2. The van der Waals surface area contributed by atoms with E-state index in [1.165, 1.54) is 4.88 Å². The van der Waals surface area contributed by atoms with Gasteiger partial charge < -0.3 is 10.8 Å². The lowest BCUT2D eigenvalue weighted by Crippen LogP contribution is -1.98. The molecule has 6 heteroatoms. The second kappa shape index (κ2) is 8.38. The van der Waals surface area contributed by atoms with Gasteiger partial charge >= 0.3 is 0 Å². The van der Waals surface area contributed by atoms with E-state index in [2.05, 4.69) is 29.0 Å². The predicted octanol–water partition coefficient (Wildman–Crippen LogP) is 4.26. The molecular weight excluding hydrogens is 344 g/mol. The molecule has 0 amide bonds. The third-order valence-electron chi connectivity index (χ3n) is 4.52. The highest BCUT2D eigenvalue weighted by molar-refractivity contribution is 7.18. The highest BCUT2D eigenvalue weighted by Gasteiger charge is 2.14. The smallest absolute Gasteiger partial charge is 0.132 e. The minimum Gasteiger partial charge on any atom is -0.396 e. The number of aliphatic imine (C=N–C) groups is 1. The van der Waals surface area contributed by atoms with Crippen molar-refractivity contribution < 1.29 is 5.11 Å². The van der Waals surface area contributed by atoms with E-state index in [1.54, 1.807) is 30.8 Å². The molecule has 3 aromatic heterocycles. The number of pyridine rings is 2. The van der Waals surface area contributed by atoms with Crippen LogP contribution >= 0.6 is 11.3 Å². The summed E-state index contributed by atoms with van der Waals surface area (Å²) in [6.45, 7) is 2.44. The van der Waals surface area contributed by atoms with Crippen molar-refractivity contribution in [2.75, 3.05) is 19.4 Å². The number of fused-ring (bicyclic) bond motifs is 1. The Bertz CT molecular complexity index is 919. The quantitative estimate of drug-likeness (QED) is 0.610. The first-order chi connectivity index (χ1) is 12.7. The Hall–Kier alpha value is -2.31. The number of nitrogens with zero attached hydrogens (tertiary/aromatic N) is 3. The number of aliphatic hydroxyl groups excluding tert-OH is 1. The number of rotatable bonds is 7. The fourth-order valence-electron chi connectivity index (χ4n) is 3.06. The lowest BCUT2D eigenvalue weighted by molar-refractivity contribution is 0.279. The molecule has 136 valence electrons. The molecule has 0 saturated heterocycles. The van der Waals surface area contributed by atoms with Crippen LogP contribution in [0.2, 0.25) is 0 Å². The predicted molar refractivity (Wildman–Crippen MR) is 110 cm³/mol. The van der Waals surface area contributed by atoms with Gasteiger partial charge in [-0.25, -0.2) is 9.97 Å². The Morgan fingerprint density at radius 1 is 1.35 bits per heavy atom. The summed E-state index contributed by atoms with van der Waals surface area (Å²) < 4.78 is 0. The molecule has 0 aliphatic rings. The number of hydrogen-bond acceptors (Lipinski definition) is 6. The van der Waals surface area contributed by atoms with Gasteiger partial charge in [0.1, 0.15) is 10.6 Å². The molecule has 5 nitrogen and oxygen atoms in total. The molecule has 0 aliphatic heterocycles. The van der Waals surface area contributed by atoms with Crippen LogP contribution in [0.4, 0.5) is 5.82 Å². The van der Waals surface area contributed by atoms with Crippen molar-refractivity contribution in [1.82, 2.24) is 9.97 Å². The first-order valence-corrected chi connectivity index (χ1v) is 9.67. The van der Waals surface area contributed by atoms with Gasteiger partial charge in [-0.1, -0.05) is 6.92 Å². The molecule has 1 unspecified atom stereocenters. The summed E-state index contributed by atoms with van der Waals surface area (Å²) in [5.41, 5.74) is 8.51. The van der Waals surface area contributed by atoms with E-state index in [9.17, 15) is 0 Å². The minimum absolute atomic E-state index is 0.247. The normalized spacial score (nSPS) is 12.9. The largest absolute Gasteiger partial charge is 0.396 e. The van der Waals surface area contributed by atoms with Gasteiger partial charge in [-0.15, -0.1) is 11.3 Å². The second-order valence-electron chi connectivity index (χ2n) is 6.30. The highest BCUT2D eigenvalue weighted by Crippen LogP contribution is 2.35. The number of aromatic nitrogens is 2. The molecule has 3 heterocycles. The fourth-order valence-corrected chi connectivity index (χ4v) is 4.31. The van der Waals surface area contributed by atoms with Crippen LogP contribution in [-0.2, 0) is 0 Å². The topological polar surface area (TPSA) is 84.4 Å². The Labute approximate surface area is 157 Å². The fraction of sp³-hybridized carbons (Fsp3) is 0.350. The van der Waals surface area contributed by atoms with Crippen molar-refractivity contribution in [3.63, 3.8) is 0 Å². The van der Waals surface area contributed by atoms with Crippen molar-refractivity contribution in [3.8, 4) is 11.3 Å². The lowest BCUT2D eigenvalue weighted by atomic mass is 9.98. The monoisotopic (exact) mass is 368 g/mol. The van der Waals surface area contributed by atoms with Crippen LogP contribution in [0, 0.1) is 0 Å². The third-order valence-corrected chi connectivity index (χ3v) is 5.73. The van der Waals surface area contributed by atoms with Crippen molar-refractivity contribution >= 4 is 33.6 Å². The number of thiophene rings is 1. The number of nitrogen functional groups attached to an aromatic ring is 1. The summed E-state index contributed by atoms with van der Waals surface area (Å²) in [5.74, 6) is 0.948. The van der Waals surface area contributed by atoms with Crippen LogP contribution in [-0.4, -0.2) is 34.9 Å². The van der Waals surface area contributed by atoms with Crippen LogP contribution in [0.1, 0.15) is 42.5 Å². The maximum absolute atomic E-state index is 9.11. The van der Waals surface area contributed by atoms with Crippen LogP contribution in [0.25, 0.3) is 21.5 Å². The van der Waals surface area contributed by atoms with E-state index in [-0.39, 0.29) is 6.61 Å². The lowest BCUT2D eigenvalue weighted by Gasteiger charge is -2.11. The van der Waals surface area contributed by atoms with Gasteiger partial charge in [0.05, 0.1) is 5.69 Å². The van der Waals surface area contributed by atoms with Gasteiger partial charge in [-0.05, 0) is 49.4 Å². The molecule has 0 aromatic carbocycles. The van der Waals surface area contributed by atoms with Gasteiger partial charge in [0.2, 0.25) is 0 Å². The Balaban J connectivity index is 1.95. The first-order valence-electron chi connectivity index (χ1n) is 8.85. The van der Waals surface area contributed by atoms with Gasteiger partial charge in [0.15, 0.2) is 0 Å². The number of aliphatic hydroxyl groups is 1. The summed E-state index contributed by atoms with van der Waals surface area (Å²) in [6.07, 6.45) is 6.38. The van der Waals surface area contributed by atoms with Crippen molar-refractivity contribution in [1.29, 1.82) is 0 Å². The van der Waals surface area contributed by atoms with E-state index >= 15 is 0 Å². The molecule has 0 radical (unpaired) electrons. The summed E-state index contributed by atoms with van der Waals surface area (Å²) in [5, 5.41) is 10.3. The molecule has 0 aliphatic carbocycles. The molecule has 0 spiro atoms. The van der Waals surface area contributed by atoms with Crippen molar-refractivity contribution in [2.24, 2.45) is 4.99 Å². The van der Waals surface area contributed by atoms with Crippen LogP contribution in [0.5, 0.6) is 0 Å². The Morgan fingerprint density at radius 2 is 2.19 bits per heavy atom. The Kier molecular flexibility index (Phi) is 5.96. The van der Waals surface area contributed by atoms with Gasteiger partial charge in [-0.3, -0.25) is 4.99 Å². The van der Waals surface area contributed by atoms with Crippen LogP contribution < -0.4 is 5.73 Å². The molecule has 3 N–H and O–H groups in total. The summed E-state index contributed by atoms with van der Waals surface area (Å²) in [6, 6.07) is 8.33. The van der Waals surface area contributed by atoms with E-state index in [1.807, 2.05) is 12.1 Å².